The van der Waals surface area contributed by atoms with E-state index in [1.807, 2.05) is 0 Å². The van der Waals surface area contributed by atoms with Gasteiger partial charge in [0.25, 0.3) is 5.91 Å². The van der Waals surface area contributed by atoms with Gasteiger partial charge in [0.1, 0.15) is 23.6 Å². The lowest BCUT2D eigenvalue weighted by Gasteiger charge is -2.12. The van der Waals surface area contributed by atoms with Crippen LogP contribution in [0.15, 0.2) is 18.2 Å². The van der Waals surface area contributed by atoms with Gasteiger partial charge in [-0.2, -0.15) is 4.98 Å². The summed E-state index contributed by atoms with van der Waals surface area (Å²) >= 11 is 0. The number of carbonyl (C=O) groups is 1. The molecule has 2 atom stereocenters. The summed E-state index contributed by atoms with van der Waals surface area (Å²) in [6, 6.07) is 3.01. The van der Waals surface area contributed by atoms with Gasteiger partial charge in [-0.1, -0.05) is 0 Å². The smallest absolute Gasteiger partial charge is 0.255 e. The van der Waals surface area contributed by atoms with E-state index in [9.17, 15) is 13.6 Å². The molecular formula is C14H14F2N4O2. The third-order valence-corrected chi connectivity index (χ3v) is 3.52. The molecule has 0 spiro atoms. The number of benzene rings is 1. The molecule has 0 fully saturated rings. The van der Waals surface area contributed by atoms with E-state index in [4.69, 9.17) is 5.11 Å². The number of hydrogen-bond acceptors (Lipinski definition) is 4. The fourth-order valence-electron chi connectivity index (χ4n) is 2.51. The highest BCUT2D eigenvalue weighted by molar-refractivity contribution is 5.92. The number of halogens is 2. The van der Waals surface area contributed by atoms with Crippen LogP contribution in [-0.2, 0) is 11.2 Å². The minimum absolute atomic E-state index is 0.0717. The molecule has 22 heavy (non-hydrogen) atoms. The van der Waals surface area contributed by atoms with Gasteiger partial charge in [-0.05, 0) is 31.0 Å². The van der Waals surface area contributed by atoms with Crippen LogP contribution in [0.3, 0.4) is 0 Å². The van der Waals surface area contributed by atoms with Gasteiger partial charge in [0.2, 0.25) is 5.95 Å². The highest BCUT2D eigenvalue weighted by Crippen LogP contribution is 2.31. The number of aliphatic hydroxyl groups excluding tert-OH is 1. The third kappa shape index (κ3) is 2.69. The first-order valence-corrected chi connectivity index (χ1v) is 6.84. The monoisotopic (exact) mass is 308 g/mol. The van der Waals surface area contributed by atoms with E-state index in [0.717, 1.165) is 6.07 Å². The fourth-order valence-corrected chi connectivity index (χ4v) is 2.51. The summed E-state index contributed by atoms with van der Waals surface area (Å²) in [5, 5.41) is 15.7. The van der Waals surface area contributed by atoms with Crippen molar-refractivity contribution < 1.29 is 18.7 Å². The summed E-state index contributed by atoms with van der Waals surface area (Å²) in [5.41, 5.74) is 0.467. The predicted octanol–water partition coefficient (Wildman–Crippen LogP) is 1.41. The minimum Gasteiger partial charge on any atom is -0.384 e. The molecule has 116 valence electrons. The maximum Gasteiger partial charge on any atom is 0.255 e. The second kappa shape index (κ2) is 5.45. The fraction of sp³-hybridized carbons (Fsp3) is 0.357. The van der Waals surface area contributed by atoms with Crippen LogP contribution in [0.1, 0.15) is 30.8 Å². The van der Waals surface area contributed by atoms with Gasteiger partial charge < -0.3 is 5.11 Å². The van der Waals surface area contributed by atoms with Gasteiger partial charge in [-0.25, -0.2) is 13.5 Å². The van der Waals surface area contributed by atoms with Gasteiger partial charge in [0.05, 0.1) is 6.04 Å². The number of anilines is 1. The first-order chi connectivity index (χ1) is 10.4. The number of nitrogens with zero attached hydrogens (tertiary/aromatic N) is 3. The molecular weight excluding hydrogens is 294 g/mol. The van der Waals surface area contributed by atoms with Crippen molar-refractivity contribution in [3.8, 4) is 0 Å². The molecule has 2 N–H and O–H groups in total. The quantitative estimate of drug-likeness (QED) is 0.898. The van der Waals surface area contributed by atoms with Crippen molar-refractivity contribution in [3.05, 3.63) is 41.2 Å². The molecule has 2 aromatic rings. The van der Waals surface area contributed by atoms with Crippen molar-refractivity contribution >= 4 is 11.9 Å². The lowest BCUT2D eigenvalue weighted by Crippen LogP contribution is -2.25. The maximum atomic E-state index is 13.4. The summed E-state index contributed by atoms with van der Waals surface area (Å²) in [6.45, 7) is 1.33. The number of rotatable bonds is 3. The Morgan fingerprint density at radius 1 is 1.41 bits per heavy atom. The number of fused-ring (bicyclic) bond motifs is 1. The number of amides is 1. The summed E-state index contributed by atoms with van der Waals surface area (Å²) in [4.78, 5) is 15.6. The Morgan fingerprint density at radius 3 is 2.73 bits per heavy atom. The Kier molecular flexibility index (Phi) is 3.61. The van der Waals surface area contributed by atoms with Crippen molar-refractivity contribution in [1.29, 1.82) is 0 Å². The van der Waals surface area contributed by atoms with Gasteiger partial charge in [-0.15, -0.1) is 5.10 Å². The number of carbonyl (C=O) groups excluding carboxylic acids is 1. The van der Waals surface area contributed by atoms with Crippen LogP contribution in [-0.4, -0.2) is 31.9 Å². The van der Waals surface area contributed by atoms with Crippen LogP contribution in [0, 0.1) is 11.6 Å². The van der Waals surface area contributed by atoms with Crippen LogP contribution >= 0.6 is 0 Å². The molecule has 1 aromatic carbocycles. The molecule has 1 unspecified atom stereocenters. The lowest BCUT2D eigenvalue weighted by molar-refractivity contribution is -0.123. The SMILES string of the molecule is C[C@@H](O)C(=O)Nc1nc2n(n1)C(c1cc(F)cc(F)c1)CC2. The number of aryl methyl sites for hydroxylation is 1. The molecule has 0 aliphatic carbocycles. The van der Waals surface area contributed by atoms with Gasteiger partial charge in [0.15, 0.2) is 0 Å². The second-order valence-electron chi connectivity index (χ2n) is 5.22. The standard InChI is InChI=1S/C14H14F2N4O2/c1-7(21)13(22)18-14-17-12-3-2-11(20(12)19-14)8-4-9(15)6-10(16)5-8/h4-7,11,21H,2-3H2,1H3,(H,18,19,22)/t7-,11?/m1/s1. The Balaban J connectivity index is 1.88. The zero-order valence-corrected chi connectivity index (χ0v) is 11.8. The predicted molar refractivity (Wildman–Crippen MR) is 73.2 cm³/mol. The zero-order valence-electron chi connectivity index (χ0n) is 11.8. The summed E-state index contributed by atoms with van der Waals surface area (Å²) in [7, 11) is 0. The molecule has 0 bridgehead atoms. The van der Waals surface area contributed by atoms with E-state index in [1.165, 1.54) is 19.1 Å². The van der Waals surface area contributed by atoms with Crippen LogP contribution in [0.2, 0.25) is 0 Å². The summed E-state index contributed by atoms with van der Waals surface area (Å²) in [5.74, 6) is -1.21. The van der Waals surface area contributed by atoms with Gasteiger partial charge in [0, 0.05) is 12.5 Å². The Morgan fingerprint density at radius 2 is 2.09 bits per heavy atom. The van der Waals surface area contributed by atoms with Crippen molar-refractivity contribution in [2.24, 2.45) is 0 Å². The normalized spacial score (nSPS) is 18.1. The Labute approximate surface area is 124 Å². The maximum absolute atomic E-state index is 13.4. The topological polar surface area (TPSA) is 80.0 Å². The molecule has 0 radical (unpaired) electrons. The van der Waals surface area contributed by atoms with E-state index < -0.39 is 23.6 Å². The van der Waals surface area contributed by atoms with Gasteiger partial charge >= 0.3 is 0 Å². The summed E-state index contributed by atoms with van der Waals surface area (Å²) < 4.78 is 28.3. The van der Waals surface area contributed by atoms with E-state index in [2.05, 4.69) is 15.4 Å². The highest BCUT2D eigenvalue weighted by Gasteiger charge is 2.28. The largest absolute Gasteiger partial charge is 0.384 e. The molecule has 1 aliphatic heterocycles. The Hall–Kier alpha value is -2.35. The Bertz CT molecular complexity index is 709. The van der Waals surface area contributed by atoms with E-state index in [-0.39, 0.29) is 12.0 Å². The van der Waals surface area contributed by atoms with Crippen molar-refractivity contribution in [2.75, 3.05) is 5.32 Å². The van der Waals surface area contributed by atoms with Crippen LogP contribution < -0.4 is 5.32 Å². The first-order valence-electron chi connectivity index (χ1n) is 6.84. The molecule has 1 aromatic heterocycles. The minimum atomic E-state index is -1.17. The average Bonchev–Trinajstić information content (AvgIpc) is 2.96. The van der Waals surface area contributed by atoms with E-state index >= 15 is 0 Å². The first kappa shape index (κ1) is 14.6. The number of nitrogens with one attached hydrogen (secondary N) is 1. The molecule has 8 heteroatoms. The molecule has 2 heterocycles. The summed E-state index contributed by atoms with van der Waals surface area (Å²) in [6.07, 6.45) is 0.0369. The molecule has 0 saturated carbocycles. The van der Waals surface area contributed by atoms with E-state index in [0.29, 0.717) is 24.2 Å². The van der Waals surface area contributed by atoms with Crippen molar-refractivity contribution in [2.45, 2.75) is 31.9 Å². The molecule has 1 aliphatic rings. The molecule has 3 rings (SSSR count). The van der Waals surface area contributed by atoms with Crippen molar-refractivity contribution in [3.63, 3.8) is 0 Å². The van der Waals surface area contributed by atoms with Crippen LogP contribution in [0.25, 0.3) is 0 Å². The number of aromatic nitrogens is 3. The zero-order chi connectivity index (χ0) is 15.9. The third-order valence-electron chi connectivity index (χ3n) is 3.52. The molecule has 0 saturated heterocycles. The van der Waals surface area contributed by atoms with Crippen LogP contribution in [0.5, 0.6) is 0 Å². The second-order valence-corrected chi connectivity index (χ2v) is 5.22. The van der Waals surface area contributed by atoms with Crippen LogP contribution in [0.4, 0.5) is 14.7 Å². The molecule has 6 nitrogen and oxygen atoms in total. The van der Waals surface area contributed by atoms with E-state index in [1.54, 1.807) is 4.68 Å². The number of hydrogen-bond donors (Lipinski definition) is 2. The number of aliphatic hydroxyl groups is 1. The average molecular weight is 308 g/mol. The molecule has 1 amide bonds. The lowest BCUT2D eigenvalue weighted by atomic mass is 10.0. The highest BCUT2D eigenvalue weighted by atomic mass is 19.1. The van der Waals surface area contributed by atoms with Crippen molar-refractivity contribution in [1.82, 2.24) is 14.8 Å². The van der Waals surface area contributed by atoms with Gasteiger partial charge in [-0.3, -0.25) is 10.1 Å².